The number of hydrogen-bond acceptors (Lipinski definition) is 26. The molecule has 550 valence electrons. The molecule has 0 saturated carbocycles. The van der Waals surface area contributed by atoms with Crippen molar-refractivity contribution in [2.24, 2.45) is 46.2 Å². The van der Waals surface area contributed by atoms with E-state index >= 15 is 0 Å². The molecule has 2 fully saturated rings. The van der Waals surface area contributed by atoms with E-state index in [0.29, 0.717) is 0 Å². The molecule has 14 amide bonds. The molecule has 0 unspecified atom stereocenters. The van der Waals surface area contributed by atoms with Gasteiger partial charge in [0.15, 0.2) is 6.04 Å². The lowest BCUT2D eigenvalue weighted by molar-refractivity contribution is -0.396. The Kier molecular flexibility index (Phi) is 38.3. The van der Waals surface area contributed by atoms with Crippen molar-refractivity contribution >= 4 is 132 Å². The van der Waals surface area contributed by atoms with Crippen LogP contribution < -0.4 is 115 Å². The minimum Gasteiger partial charge on any atom is -0.481 e. The minimum absolute atomic E-state index is 0.0140. The normalized spacial score (nSPS) is 24.6. The van der Waals surface area contributed by atoms with E-state index in [2.05, 4.69) is 90.1 Å². The van der Waals surface area contributed by atoms with Gasteiger partial charge in [0.2, 0.25) is 76.8 Å². The predicted molar refractivity (Wildman–Crippen MR) is 362 cm³/mol. The number of quaternary nitrogens is 1. The van der Waals surface area contributed by atoms with Gasteiger partial charge in [0, 0.05) is 42.0 Å². The number of hydrogen-bond donors (Lipinski definition) is 23. The highest BCUT2D eigenvalue weighted by molar-refractivity contribution is 8.77. The average Bonchev–Trinajstić information content (AvgIpc) is 1.19. The third kappa shape index (κ3) is 33.3. The van der Waals surface area contributed by atoms with Crippen molar-refractivity contribution in [1.29, 1.82) is 0 Å². The lowest BCUT2D eigenvalue weighted by atomic mass is 10.0. The molecule has 98 heavy (non-hydrogen) atoms. The number of carboxylic acid groups (broad SMARTS) is 1. The number of primary amides is 2. The number of rotatable bonds is 24. The van der Waals surface area contributed by atoms with Crippen LogP contribution in [0.1, 0.15) is 91.2 Å². The van der Waals surface area contributed by atoms with Crippen LogP contribution in [0.3, 0.4) is 0 Å². The summed E-state index contributed by atoms with van der Waals surface area (Å²) in [6.07, 6.45) is -2.11. The van der Waals surface area contributed by atoms with Crippen LogP contribution in [0.2, 0.25) is 0 Å². The quantitative estimate of drug-likeness (QED) is 0.0260. The summed E-state index contributed by atoms with van der Waals surface area (Å²) in [4.78, 5) is 214. The summed E-state index contributed by atoms with van der Waals surface area (Å²) in [5, 5.41) is 45.4. The van der Waals surface area contributed by atoms with E-state index in [1.54, 1.807) is 27.7 Å². The Hall–Kier alpha value is -7.62. The van der Waals surface area contributed by atoms with Gasteiger partial charge in [-0.05, 0) is 69.9 Å². The Morgan fingerprint density at radius 3 is 1.59 bits per heavy atom. The number of carbonyl (C=O) groups excluding carboxylic acids is 14. The van der Waals surface area contributed by atoms with Crippen LogP contribution in [-0.4, -0.2) is 232 Å². The van der Waals surface area contributed by atoms with E-state index < -0.39 is 212 Å². The Labute approximate surface area is 580 Å². The summed E-state index contributed by atoms with van der Waals surface area (Å²) in [6.45, 7) is 5.77. The van der Waals surface area contributed by atoms with E-state index in [9.17, 15) is 77.0 Å². The number of imidazole rings is 1. The molecule has 1 aromatic rings. The molecule has 0 spiro atoms. The number of fused-ring (bicyclic) bond motifs is 5. The van der Waals surface area contributed by atoms with Crippen molar-refractivity contribution in [2.75, 3.05) is 49.2 Å². The summed E-state index contributed by atoms with van der Waals surface area (Å²) >= 11 is 0. The number of H-pyrrole nitrogens is 1. The van der Waals surface area contributed by atoms with Crippen molar-refractivity contribution in [3.05, 3.63) is 18.2 Å². The van der Waals surface area contributed by atoms with Crippen molar-refractivity contribution < 1.29 is 82.8 Å². The zero-order valence-electron chi connectivity index (χ0n) is 54.9. The molecule has 0 aromatic carbocycles. The summed E-state index contributed by atoms with van der Waals surface area (Å²) in [5.74, 6) is -17.0. The highest BCUT2D eigenvalue weighted by Crippen LogP contribution is 2.25. The van der Waals surface area contributed by atoms with Crippen LogP contribution in [0.15, 0.2) is 12.5 Å². The molecule has 39 nitrogen and oxygen atoms in total. The number of carboxylic acids is 1. The zero-order chi connectivity index (χ0) is 73.2. The van der Waals surface area contributed by atoms with Crippen molar-refractivity contribution in [3.63, 3.8) is 0 Å². The molecule has 0 aliphatic carbocycles. The van der Waals surface area contributed by atoms with Crippen LogP contribution >= 0.6 is 43.2 Å². The first-order chi connectivity index (χ1) is 46.2. The van der Waals surface area contributed by atoms with E-state index in [4.69, 9.17) is 34.4 Å². The van der Waals surface area contributed by atoms with Crippen LogP contribution in [0, 0.1) is 11.8 Å². The van der Waals surface area contributed by atoms with Gasteiger partial charge >= 0.3 is 5.97 Å². The van der Waals surface area contributed by atoms with Gasteiger partial charge in [-0.25, -0.2) is 4.98 Å². The maximum absolute atomic E-state index is 14.6. The number of nitrogens with two attached hydrogens (primary N) is 6. The van der Waals surface area contributed by atoms with E-state index in [1.165, 1.54) is 12.5 Å². The van der Waals surface area contributed by atoms with Gasteiger partial charge in [0.1, 0.15) is 73.0 Å². The van der Waals surface area contributed by atoms with Crippen molar-refractivity contribution in [3.8, 4) is 0 Å². The minimum atomic E-state index is -1.98. The summed E-state index contributed by atoms with van der Waals surface area (Å²) in [6, 6.07) is -16.8. The largest absolute Gasteiger partial charge is 0.481 e. The molecule has 2 aliphatic heterocycles. The molecule has 3 heterocycles. The van der Waals surface area contributed by atoms with Crippen molar-refractivity contribution in [1.82, 2.24) is 84.4 Å². The van der Waals surface area contributed by atoms with Gasteiger partial charge in [-0.2, -0.15) is 0 Å². The molecule has 43 heteroatoms. The highest BCUT2D eigenvalue weighted by Gasteiger charge is 2.37. The predicted octanol–water partition coefficient (Wildman–Crippen LogP) is -10.1. The highest BCUT2D eigenvalue weighted by atomic mass is 33.1. The molecule has 2 bridgehead atoms. The summed E-state index contributed by atoms with van der Waals surface area (Å²) < 4.78 is 0. The number of aromatic nitrogens is 2. The van der Waals surface area contributed by atoms with Crippen molar-refractivity contribution in [2.45, 2.75) is 171 Å². The standard InChI is InChI=1S/C55H95N23O16S4/c1-25(2)13-32(43(58)84)73-52(93)38-23-96-95-20-28(56)44(85)77-37-22-98-97-21-36(70-41(81)19-66-45(86)29(7-5-11-64-54(59)60)69-40(80)18-67-46(87)33(14-26(3)4)74-53(37)94)51(92)72-31(9-10-42(82)83)48(89)76-35(16-39(57)79)50(91)75-34(15-27-17-63-24-68-27)49(90)71-30(47(88)78-38)8-6-12-65-55(61)62/h17,24-26,28-38,54-55,64-65H,5-16,18-23,56,59-62H2,1-4H3,(H2,57,79)(H2,58,84)(H,63,68)(H,66,86)(H,67,87)(H,69,80)(H,70,81)(H,71,90)(H,72,92)(H,73,93)(H,74,94)(H,75,91)(H,76,89)(H,77,85)(H,78,88)(H,82,83)/p+1/t28-,29-,30-,31-,32-,33-,34-,35-,36-,37-,38-/m0/s1. The average molecular weight is 1460 g/mol. The Morgan fingerprint density at radius 2 is 1.05 bits per heavy atom. The smallest absolute Gasteiger partial charge is 0.303 e. The van der Waals surface area contributed by atoms with Gasteiger partial charge in [0.25, 0.3) is 5.91 Å². The molecule has 2 saturated heterocycles. The fraction of sp³-hybridized carbons (Fsp3) is 0.673. The maximum atomic E-state index is 14.6. The first kappa shape index (κ1) is 84.6. The van der Waals surface area contributed by atoms with Gasteiger partial charge in [-0.1, -0.05) is 70.9 Å². The number of aliphatic carboxylic acids is 1. The molecule has 3 rings (SSSR count). The van der Waals surface area contributed by atoms with E-state index in [0.717, 1.165) is 43.2 Å². The van der Waals surface area contributed by atoms with Gasteiger partial charge in [0.05, 0.1) is 31.6 Å². The zero-order valence-corrected chi connectivity index (χ0v) is 58.1. The van der Waals surface area contributed by atoms with Gasteiger partial charge in [-0.15, -0.1) is 0 Å². The number of nitrogens with one attached hydrogen (secondary N) is 15. The number of carbonyl (C=O) groups is 15. The van der Waals surface area contributed by atoms with Gasteiger partial charge in [-0.3, -0.25) is 82.6 Å². The number of amides is 14. The SMILES string of the molecule is CC(C)C[C@H](NC(=O)[C@@H]1CSSC[C@H]([NH3+])C(=O)N[C@H]2CSSC[C@H](NC(=O)CNC(=O)[C@H](CCCNC(N)N)NC(=O)CNC(=O)[C@H](CC(C)C)NC2=O)C(=O)N[C@@H](CCC(=O)O)C(=O)N[C@@H](CC(N)=O)C(=O)N[C@@H](Cc2cnc[nH]2)C(=O)N[C@@H](CCCNC(N)N)C(=O)N1)C(N)=O. The summed E-state index contributed by atoms with van der Waals surface area (Å²) in [5.41, 5.74) is 38.1. The number of nitrogens with zero attached hydrogens (tertiary/aromatic N) is 1. The number of aromatic amines is 1. The maximum Gasteiger partial charge on any atom is 0.303 e. The van der Waals surface area contributed by atoms with Crippen LogP contribution in [0.5, 0.6) is 0 Å². The lowest BCUT2D eigenvalue weighted by Gasteiger charge is -2.28. The third-order valence-corrected chi connectivity index (χ3v) is 19.2. The monoisotopic (exact) mass is 1460 g/mol. The molecular formula is C55H96N23O16S4+. The fourth-order valence-corrected chi connectivity index (χ4v) is 13.9. The first-order valence-corrected chi connectivity index (χ1v) is 36.4. The fourth-order valence-electron chi connectivity index (χ4n) is 9.25. The molecule has 31 N–H and O–H groups in total. The van der Waals surface area contributed by atoms with Gasteiger partial charge < -0.3 is 114 Å². The topological polar surface area (TPSA) is 657 Å². The molecule has 1 aromatic heterocycles. The second-order valence-electron chi connectivity index (χ2n) is 23.8. The molecule has 2 aliphatic rings. The second-order valence-corrected chi connectivity index (χ2v) is 28.9. The lowest BCUT2D eigenvalue weighted by Crippen LogP contribution is -2.70. The Morgan fingerprint density at radius 1 is 0.571 bits per heavy atom. The molecular weight excluding hydrogens is 1370 g/mol. The van der Waals surface area contributed by atoms with E-state index in [-0.39, 0.29) is 86.4 Å². The van der Waals surface area contributed by atoms with E-state index in [1.807, 2.05) is 0 Å². The first-order valence-electron chi connectivity index (χ1n) is 31.4. The Balaban J connectivity index is 2.29. The summed E-state index contributed by atoms with van der Waals surface area (Å²) in [7, 11) is 3.72. The Bertz CT molecular complexity index is 2890. The molecule has 11 atom stereocenters. The third-order valence-electron chi connectivity index (χ3n) is 14.3. The van der Waals surface area contributed by atoms with Crippen LogP contribution in [0.4, 0.5) is 0 Å². The second kappa shape index (κ2) is 44.4. The van der Waals surface area contributed by atoms with Crippen LogP contribution in [-0.2, 0) is 78.3 Å². The van der Waals surface area contributed by atoms with Crippen LogP contribution in [0.25, 0.3) is 0 Å². The molecule has 0 radical (unpaired) electrons.